The van der Waals surface area contributed by atoms with Gasteiger partial charge >= 0.3 is 0 Å². The van der Waals surface area contributed by atoms with Crippen molar-refractivity contribution >= 4 is 5.91 Å². The van der Waals surface area contributed by atoms with E-state index in [1.165, 1.54) is 6.33 Å². The lowest BCUT2D eigenvalue weighted by atomic mass is 10.1. The van der Waals surface area contributed by atoms with Crippen LogP contribution >= 0.6 is 0 Å². The third-order valence-electron chi connectivity index (χ3n) is 5.35. The Bertz CT molecular complexity index is 1150. The SMILES string of the molecule is COc1ccc(-n2c(C)cc(C(=O)NC(Cn3cncn3)c3ccccc3)c2C)cc1. The highest BCUT2D eigenvalue weighted by Crippen LogP contribution is 2.24. The molecule has 4 aromatic rings. The standard InChI is InChI=1S/C24H25N5O2/c1-17-13-22(18(2)29(17)20-9-11-21(31-3)12-10-20)24(30)27-23(14-28-16-25-15-26-28)19-7-5-4-6-8-19/h4-13,15-16,23H,14H2,1-3H3,(H,27,30). The molecule has 1 atom stereocenters. The van der Waals surface area contributed by atoms with Gasteiger partial charge in [0.1, 0.15) is 18.4 Å². The van der Waals surface area contributed by atoms with Gasteiger partial charge < -0.3 is 14.6 Å². The Balaban J connectivity index is 1.62. The molecule has 0 saturated heterocycles. The lowest BCUT2D eigenvalue weighted by molar-refractivity contribution is 0.0931. The zero-order chi connectivity index (χ0) is 21.8. The first-order chi connectivity index (χ1) is 15.1. The van der Waals surface area contributed by atoms with E-state index in [0.717, 1.165) is 28.4 Å². The van der Waals surface area contributed by atoms with Crippen molar-refractivity contribution in [2.75, 3.05) is 7.11 Å². The number of amides is 1. The molecule has 2 heterocycles. The molecule has 2 aromatic heterocycles. The molecule has 0 aliphatic rings. The summed E-state index contributed by atoms with van der Waals surface area (Å²) in [6, 6.07) is 19.4. The van der Waals surface area contributed by atoms with Crippen molar-refractivity contribution < 1.29 is 9.53 Å². The Morgan fingerprint density at radius 1 is 1.10 bits per heavy atom. The Hall–Kier alpha value is -3.87. The van der Waals surface area contributed by atoms with Crippen molar-refractivity contribution in [3.63, 3.8) is 0 Å². The Morgan fingerprint density at radius 3 is 2.48 bits per heavy atom. The molecule has 158 valence electrons. The van der Waals surface area contributed by atoms with E-state index in [4.69, 9.17) is 4.74 Å². The topological polar surface area (TPSA) is 74.0 Å². The maximum atomic E-state index is 13.3. The molecule has 7 nitrogen and oxygen atoms in total. The normalized spacial score (nSPS) is 11.8. The molecular weight excluding hydrogens is 390 g/mol. The number of nitrogens with zero attached hydrogens (tertiary/aromatic N) is 4. The zero-order valence-corrected chi connectivity index (χ0v) is 17.8. The summed E-state index contributed by atoms with van der Waals surface area (Å²) in [5, 5.41) is 7.37. The van der Waals surface area contributed by atoms with Gasteiger partial charge in [0.25, 0.3) is 5.91 Å². The second kappa shape index (κ2) is 8.87. The van der Waals surface area contributed by atoms with E-state index in [-0.39, 0.29) is 11.9 Å². The van der Waals surface area contributed by atoms with E-state index < -0.39 is 0 Å². The highest BCUT2D eigenvalue weighted by Gasteiger charge is 2.21. The van der Waals surface area contributed by atoms with Gasteiger partial charge in [0.15, 0.2) is 0 Å². The van der Waals surface area contributed by atoms with Gasteiger partial charge in [-0.3, -0.25) is 9.48 Å². The Labute approximate surface area is 181 Å². The second-order valence-corrected chi connectivity index (χ2v) is 7.37. The molecule has 2 aromatic carbocycles. The van der Waals surface area contributed by atoms with Crippen molar-refractivity contribution in [1.82, 2.24) is 24.6 Å². The summed E-state index contributed by atoms with van der Waals surface area (Å²) in [5.41, 5.74) is 4.51. The monoisotopic (exact) mass is 415 g/mol. The van der Waals surface area contributed by atoms with Crippen molar-refractivity contribution in [3.05, 3.63) is 95.8 Å². The number of aromatic nitrogens is 4. The molecular formula is C24H25N5O2. The summed E-state index contributed by atoms with van der Waals surface area (Å²) in [7, 11) is 1.64. The average Bonchev–Trinajstić information content (AvgIpc) is 3.41. The molecule has 0 spiro atoms. The Kier molecular flexibility index (Phi) is 5.84. The van der Waals surface area contributed by atoms with Crippen molar-refractivity contribution in [2.24, 2.45) is 0 Å². The van der Waals surface area contributed by atoms with E-state index in [1.807, 2.05) is 74.5 Å². The maximum Gasteiger partial charge on any atom is 0.253 e. The van der Waals surface area contributed by atoms with Gasteiger partial charge in [0.05, 0.1) is 25.3 Å². The van der Waals surface area contributed by atoms with Gasteiger partial charge in [-0.1, -0.05) is 30.3 Å². The number of carbonyl (C=O) groups is 1. The molecule has 0 bridgehead atoms. The van der Waals surface area contributed by atoms with Crippen LogP contribution in [0, 0.1) is 13.8 Å². The number of methoxy groups -OCH3 is 1. The van der Waals surface area contributed by atoms with Crippen LogP contribution in [0.15, 0.2) is 73.3 Å². The predicted octanol–water partition coefficient (Wildman–Crippen LogP) is 3.87. The molecule has 0 fully saturated rings. The quantitative estimate of drug-likeness (QED) is 0.497. The molecule has 1 unspecified atom stereocenters. The van der Waals surface area contributed by atoms with Crippen molar-refractivity contribution in [1.29, 1.82) is 0 Å². The summed E-state index contributed by atoms with van der Waals surface area (Å²) in [5.74, 6) is 0.671. The van der Waals surface area contributed by atoms with Gasteiger partial charge in [0, 0.05) is 17.1 Å². The highest BCUT2D eigenvalue weighted by atomic mass is 16.5. The number of aryl methyl sites for hydroxylation is 1. The van der Waals surface area contributed by atoms with Gasteiger partial charge in [-0.05, 0) is 49.7 Å². The number of ether oxygens (including phenoxy) is 1. The van der Waals surface area contributed by atoms with Crippen LogP contribution in [-0.4, -0.2) is 32.3 Å². The second-order valence-electron chi connectivity index (χ2n) is 7.37. The van der Waals surface area contributed by atoms with E-state index in [1.54, 1.807) is 18.1 Å². The lowest BCUT2D eigenvalue weighted by Crippen LogP contribution is -2.32. The number of nitrogens with one attached hydrogen (secondary N) is 1. The van der Waals surface area contributed by atoms with Crippen LogP contribution in [-0.2, 0) is 6.54 Å². The molecule has 0 aliphatic heterocycles. The molecule has 0 saturated carbocycles. The first kappa shape index (κ1) is 20.4. The number of benzene rings is 2. The summed E-state index contributed by atoms with van der Waals surface area (Å²) in [4.78, 5) is 17.3. The van der Waals surface area contributed by atoms with Crippen LogP contribution in [0.5, 0.6) is 5.75 Å². The maximum absolute atomic E-state index is 13.3. The fraction of sp³-hybridized carbons (Fsp3) is 0.208. The van der Waals surface area contributed by atoms with Crippen LogP contribution in [0.3, 0.4) is 0 Å². The molecule has 1 N–H and O–H groups in total. The molecule has 7 heteroatoms. The minimum atomic E-state index is -0.237. The molecule has 0 radical (unpaired) electrons. The van der Waals surface area contributed by atoms with Gasteiger partial charge in [-0.15, -0.1) is 0 Å². The van der Waals surface area contributed by atoms with Gasteiger partial charge in [-0.2, -0.15) is 5.10 Å². The first-order valence-corrected chi connectivity index (χ1v) is 10.1. The van der Waals surface area contributed by atoms with E-state index in [9.17, 15) is 4.79 Å². The number of carbonyl (C=O) groups excluding carboxylic acids is 1. The Morgan fingerprint density at radius 2 is 1.84 bits per heavy atom. The van der Waals surface area contributed by atoms with Gasteiger partial charge in [0.2, 0.25) is 0 Å². The van der Waals surface area contributed by atoms with Crippen LogP contribution in [0.25, 0.3) is 5.69 Å². The summed E-state index contributed by atoms with van der Waals surface area (Å²) >= 11 is 0. The largest absolute Gasteiger partial charge is 0.497 e. The number of hydrogen-bond acceptors (Lipinski definition) is 4. The molecule has 31 heavy (non-hydrogen) atoms. The summed E-state index contributed by atoms with van der Waals surface area (Å²) in [6.07, 6.45) is 3.14. The lowest BCUT2D eigenvalue weighted by Gasteiger charge is -2.19. The minimum absolute atomic E-state index is 0.123. The predicted molar refractivity (Wildman–Crippen MR) is 118 cm³/mol. The smallest absolute Gasteiger partial charge is 0.253 e. The van der Waals surface area contributed by atoms with E-state index in [0.29, 0.717) is 12.1 Å². The summed E-state index contributed by atoms with van der Waals surface area (Å²) < 4.78 is 9.05. The number of hydrogen-bond donors (Lipinski definition) is 1. The van der Waals surface area contributed by atoms with E-state index >= 15 is 0 Å². The van der Waals surface area contributed by atoms with Crippen molar-refractivity contribution in [3.8, 4) is 11.4 Å². The third kappa shape index (κ3) is 4.35. The third-order valence-corrected chi connectivity index (χ3v) is 5.35. The summed E-state index contributed by atoms with van der Waals surface area (Å²) in [6.45, 7) is 4.45. The number of rotatable bonds is 7. The van der Waals surface area contributed by atoms with E-state index in [2.05, 4.69) is 20.0 Å². The fourth-order valence-electron chi connectivity index (χ4n) is 3.79. The highest BCUT2D eigenvalue weighted by molar-refractivity contribution is 5.96. The molecule has 1 amide bonds. The van der Waals surface area contributed by atoms with Gasteiger partial charge in [-0.25, -0.2) is 4.98 Å². The first-order valence-electron chi connectivity index (χ1n) is 10.1. The molecule has 4 rings (SSSR count). The zero-order valence-electron chi connectivity index (χ0n) is 17.8. The van der Waals surface area contributed by atoms with Crippen LogP contribution in [0.1, 0.15) is 33.4 Å². The van der Waals surface area contributed by atoms with Crippen LogP contribution < -0.4 is 10.1 Å². The van der Waals surface area contributed by atoms with Crippen molar-refractivity contribution in [2.45, 2.75) is 26.4 Å². The minimum Gasteiger partial charge on any atom is -0.497 e. The van der Waals surface area contributed by atoms with Crippen LogP contribution in [0.2, 0.25) is 0 Å². The molecule has 0 aliphatic carbocycles. The van der Waals surface area contributed by atoms with Crippen LogP contribution in [0.4, 0.5) is 0 Å². The fourth-order valence-corrected chi connectivity index (χ4v) is 3.79. The average molecular weight is 415 g/mol.